The van der Waals surface area contributed by atoms with Gasteiger partial charge in [0.25, 0.3) is 5.91 Å². The van der Waals surface area contributed by atoms with Crippen LogP contribution < -0.4 is 5.32 Å². The number of pyridine rings is 1. The van der Waals surface area contributed by atoms with E-state index in [9.17, 15) is 17.6 Å². The third kappa shape index (κ3) is 5.28. The van der Waals surface area contributed by atoms with E-state index in [1.165, 1.54) is 12.8 Å². The Bertz CT molecular complexity index is 924. The summed E-state index contributed by atoms with van der Waals surface area (Å²) in [5, 5.41) is 2.14. The van der Waals surface area contributed by atoms with Crippen molar-refractivity contribution in [2.75, 3.05) is 12.3 Å². The average Bonchev–Trinajstić information content (AvgIpc) is 3.61. The van der Waals surface area contributed by atoms with Gasteiger partial charge in [0, 0.05) is 6.54 Å². The number of nitrogens with zero attached hydrogens (tertiary/aromatic N) is 1. The Balaban J connectivity index is 1.41. The molecule has 1 heterocycles. The standard InChI is InChI=1S/C21H27Cl2FN2O3S/c22-18-16(9-17(24)19(23)26-18)20(27)25-12-21(10-13-1-2-13)7-5-15(6-8-21)30(28,29)11-14-3-4-14/h9,13-15H,1-8,10-12H2,(H,25,27). The van der Waals surface area contributed by atoms with E-state index >= 15 is 0 Å². The maximum absolute atomic E-state index is 13.7. The molecule has 0 aromatic carbocycles. The minimum Gasteiger partial charge on any atom is -0.351 e. The van der Waals surface area contributed by atoms with Crippen LogP contribution in [0.15, 0.2) is 6.07 Å². The zero-order valence-electron chi connectivity index (χ0n) is 16.8. The number of carbonyl (C=O) groups is 1. The van der Waals surface area contributed by atoms with Crippen molar-refractivity contribution in [3.05, 3.63) is 27.8 Å². The minimum absolute atomic E-state index is 0.0409. The number of rotatable bonds is 8. The quantitative estimate of drug-likeness (QED) is 0.546. The summed E-state index contributed by atoms with van der Waals surface area (Å²) in [7, 11) is -3.04. The molecule has 4 rings (SSSR count). The number of carbonyl (C=O) groups excluding carboxylic acids is 1. The molecule has 0 bridgehead atoms. The number of halogens is 3. The number of hydrogen-bond acceptors (Lipinski definition) is 4. The summed E-state index contributed by atoms with van der Waals surface area (Å²) in [4.78, 5) is 16.3. The van der Waals surface area contributed by atoms with Crippen LogP contribution in [0.2, 0.25) is 10.3 Å². The van der Waals surface area contributed by atoms with Crippen molar-refractivity contribution in [2.45, 2.75) is 63.0 Å². The third-order valence-corrected chi connectivity index (χ3v) is 9.82. The van der Waals surface area contributed by atoms with Crippen molar-refractivity contribution in [1.82, 2.24) is 10.3 Å². The predicted molar refractivity (Wildman–Crippen MR) is 115 cm³/mol. The highest BCUT2D eigenvalue weighted by molar-refractivity contribution is 7.92. The molecule has 5 nitrogen and oxygen atoms in total. The lowest BCUT2D eigenvalue weighted by Crippen LogP contribution is -2.43. The molecule has 1 aromatic rings. The van der Waals surface area contributed by atoms with Crippen LogP contribution in [-0.2, 0) is 9.84 Å². The van der Waals surface area contributed by atoms with Gasteiger partial charge in [0.05, 0.1) is 16.6 Å². The molecule has 1 amide bonds. The molecular weight excluding hydrogens is 450 g/mol. The molecule has 9 heteroatoms. The SMILES string of the molecule is O=C(NCC1(CC2CC2)CCC(S(=O)(=O)CC2CC2)CC1)c1cc(F)c(Cl)nc1Cl. The predicted octanol–water partition coefficient (Wildman–Crippen LogP) is 4.81. The van der Waals surface area contributed by atoms with Gasteiger partial charge in [-0.1, -0.05) is 36.0 Å². The van der Waals surface area contributed by atoms with Crippen LogP contribution in [0.25, 0.3) is 0 Å². The molecule has 0 spiro atoms. The summed E-state index contributed by atoms with van der Waals surface area (Å²) >= 11 is 11.6. The minimum atomic E-state index is -3.04. The molecule has 3 aliphatic carbocycles. The fraction of sp³-hybridized carbons (Fsp3) is 0.714. The molecule has 1 aromatic heterocycles. The Labute approximate surface area is 187 Å². The van der Waals surface area contributed by atoms with E-state index in [1.807, 2.05) is 0 Å². The van der Waals surface area contributed by atoms with E-state index < -0.39 is 21.6 Å². The Morgan fingerprint density at radius 3 is 2.33 bits per heavy atom. The van der Waals surface area contributed by atoms with Crippen molar-refractivity contribution in [1.29, 1.82) is 0 Å². The molecule has 3 saturated carbocycles. The number of amides is 1. The summed E-state index contributed by atoms with van der Waals surface area (Å²) in [6, 6.07) is 1.00. The summed E-state index contributed by atoms with van der Waals surface area (Å²) in [5.41, 5.74) is -0.159. The van der Waals surface area contributed by atoms with E-state index in [-0.39, 0.29) is 26.5 Å². The Kier molecular flexibility index (Phi) is 6.35. The lowest BCUT2D eigenvalue weighted by Gasteiger charge is -2.40. The lowest BCUT2D eigenvalue weighted by molar-refractivity contribution is 0.0895. The monoisotopic (exact) mass is 476 g/mol. The molecule has 3 aliphatic rings. The van der Waals surface area contributed by atoms with Crippen LogP contribution in [0.3, 0.4) is 0 Å². The first kappa shape index (κ1) is 22.3. The first-order valence-electron chi connectivity index (χ1n) is 10.7. The highest BCUT2D eigenvalue weighted by Crippen LogP contribution is 2.48. The topological polar surface area (TPSA) is 76.1 Å². The van der Waals surface area contributed by atoms with Crippen molar-refractivity contribution in [3.8, 4) is 0 Å². The van der Waals surface area contributed by atoms with E-state index in [2.05, 4.69) is 10.3 Å². The van der Waals surface area contributed by atoms with Gasteiger partial charge in [0.2, 0.25) is 0 Å². The first-order chi connectivity index (χ1) is 14.2. The Hall–Kier alpha value is -0.920. The number of hydrogen-bond donors (Lipinski definition) is 1. The fourth-order valence-corrected chi connectivity index (χ4v) is 7.29. The molecule has 0 saturated heterocycles. The number of nitrogens with one attached hydrogen (secondary N) is 1. The van der Waals surface area contributed by atoms with Crippen molar-refractivity contribution < 1.29 is 17.6 Å². The van der Waals surface area contributed by atoms with Crippen LogP contribution >= 0.6 is 23.2 Å². The van der Waals surface area contributed by atoms with Crippen molar-refractivity contribution in [2.24, 2.45) is 17.3 Å². The summed E-state index contributed by atoms with van der Waals surface area (Å²) < 4.78 is 39.1. The molecular formula is C21H27Cl2FN2O3S. The third-order valence-electron chi connectivity index (χ3n) is 6.84. The van der Waals surface area contributed by atoms with Gasteiger partial charge in [-0.05, 0) is 68.3 Å². The second kappa shape index (κ2) is 8.55. The lowest BCUT2D eigenvalue weighted by atomic mass is 9.70. The normalized spacial score (nSPS) is 27.1. The van der Waals surface area contributed by atoms with Crippen molar-refractivity contribution >= 4 is 38.9 Å². The molecule has 30 heavy (non-hydrogen) atoms. The Morgan fingerprint density at radius 1 is 1.10 bits per heavy atom. The maximum Gasteiger partial charge on any atom is 0.254 e. The molecule has 3 fully saturated rings. The Morgan fingerprint density at radius 2 is 1.73 bits per heavy atom. The molecule has 0 radical (unpaired) electrons. The van der Waals surface area contributed by atoms with Gasteiger partial charge in [-0.15, -0.1) is 0 Å². The van der Waals surface area contributed by atoms with Gasteiger partial charge in [-0.2, -0.15) is 0 Å². The van der Waals surface area contributed by atoms with Gasteiger partial charge in [-0.3, -0.25) is 4.79 Å². The van der Waals surface area contributed by atoms with Gasteiger partial charge < -0.3 is 5.32 Å². The summed E-state index contributed by atoms with van der Waals surface area (Å²) in [6.07, 6.45) is 8.29. The number of aromatic nitrogens is 1. The van der Waals surface area contributed by atoms with Gasteiger partial charge >= 0.3 is 0 Å². The van der Waals surface area contributed by atoms with Gasteiger partial charge in [0.15, 0.2) is 20.8 Å². The number of sulfone groups is 1. The largest absolute Gasteiger partial charge is 0.351 e. The van der Waals surface area contributed by atoms with Crippen molar-refractivity contribution in [3.63, 3.8) is 0 Å². The van der Waals surface area contributed by atoms with E-state index in [1.54, 1.807) is 0 Å². The molecule has 166 valence electrons. The summed E-state index contributed by atoms with van der Waals surface area (Å²) in [6.45, 7) is 0.429. The summed E-state index contributed by atoms with van der Waals surface area (Å²) in [5.74, 6) is 0.0739. The van der Waals surface area contributed by atoms with Gasteiger partial charge in [0.1, 0.15) is 5.15 Å². The fourth-order valence-electron chi connectivity index (χ4n) is 4.67. The zero-order valence-corrected chi connectivity index (χ0v) is 19.1. The van der Waals surface area contributed by atoms with Gasteiger partial charge in [-0.25, -0.2) is 17.8 Å². The first-order valence-corrected chi connectivity index (χ1v) is 13.2. The van der Waals surface area contributed by atoms with Crippen LogP contribution in [-0.4, -0.2) is 36.9 Å². The second-order valence-corrected chi connectivity index (χ2v) is 12.4. The highest BCUT2D eigenvalue weighted by atomic mass is 35.5. The van der Waals surface area contributed by atoms with Crippen LogP contribution in [0.5, 0.6) is 0 Å². The molecule has 0 atom stereocenters. The maximum atomic E-state index is 13.7. The van der Waals surface area contributed by atoms with E-state index in [4.69, 9.17) is 23.2 Å². The second-order valence-electron chi connectivity index (χ2n) is 9.40. The van der Waals surface area contributed by atoms with E-state index in [0.29, 0.717) is 37.0 Å². The zero-order chi connectivity index (χ0) is 21.5. The van der Waals surface area contributed by atoms with E-state index in [0.717, 1.165) is 38.2 Å². The molecule has 0 unspecified atom stereocenters. The smallest absolute Gasteiger partial charge is 0.254 e. The average molecular weight is 477 g/mol. The highest BCUT2D eigenvalue weighted by Gasteiger charge is 2.43. The molecule has 0 aliphatic heterocycles. The van der Waals surface area contributed by atoms with Crippen LogP contribution in [0, 0.1) is 23.1 Å². The van der Waals surface area contributed by atoms with Crippen LogP contribution in [0.4, 0.5) is 4.39 Å². The van der Waals surface area contributed by atoms with Crippen LogP contribution in [0.1, 0.15) is 68.1 Å². The molecule has 1 N–H and O–H groups in total.